The number of hydrogen-bond acceptors (Lipinski definition) is 5. The summed E-state index contributed by atoms with van der Waals surface area (Å²) in [5, 5.41) is 2.81. The lowest BCUT2D eigenvalue weighted by atomic mass is 10.1. The zero-order valence-electron chi connectivity index (χ0n) is 15.0. The molecular formula is C20H23NO4S. The number of methoxy groups -OCH3 is 1. The Morgan fingerprint density at radius 2 is 1.88 bits per heavy atom. The molecule has 0 aromatic heterocycles. The summed E-state index contributed by atoms with van der Waals surface area (Å²) in [6, 6.07) is 13.7. The molecule has 1 aliphatic rings. The van der Waals surface area contributed by atoms with Gasteiger partial charge in [0.05, 0.1) is 12.4 Å². The minimum absolute atomic E-state index is 0.0263. The van der Waals surface area contributed by atoms with Crippen LogP contribution in [-0.4, -0.2) is 38.0 Å². The van der Waals surface area contributed by atoms with Crippen molar-refractivity contribution in [2.24, 2.45) is 0 Å². The van der Waals surface area contributed by atoms with Crippen molar-refractivity contribution in [2.45, 2.75) is 23.5 Å². The average molecular weight is 373 g/mol. The van der Waals surface area contributed by atoms with E-state index in [9.17, 15) is 4.79 Å². The molecule has 6 heteroatoms. The number of carbonyl (C=O) groups is 1. The van der Waals surface area contributed by atoms with E-state index in [4.69, 9.17) is 14.2 Å². The molecule has 1 heterocycles. The average Bonchev–Trinajstić information content (AvgIpc) is 2.68. The summed E-state index contributed by atoms with van der Waals surface area (Å²) < 4.78 is 16.3. The number of benzene rings is 2. The smallest absolute Gasteiger partial charge is 0.233 e. The normalized spacial score (nSPS) is 13.8. The molecule has 0 unspecified atom stereocenters. The molecule has 1 atom stereocenters. The van der Waals surface area contributed by atoms with Crippen molar-refractivity contribution in [1.29, 1.82) is 0 Å². The van der Waals surface area contributed by atoms with E-state index in [1.807, 2.05) is 49.4 Å². The summed E-state index contributed by atoms with van der Waals surface area (Å²) >= 11 is 1.51. The first-order chi connectivity index (χ1) is 12.7. The van der Waals surface area contributed by atoms with Gasteiger partial charge in [-0.05, 0) is 49.2 Å². The van der Waals surface area contributed by atoms with Gasteiger partial charge in [0, 0.05) is 11.4 Å². The summed E-state index contributed by atoms with van der Waals surface area (Å²) in [5.41, 5.74) is 1.17. The number of carbonyl (C=O) groups excluding carboxylic acids is 1. The third-order valence-corrected chi connectivity index (χ3v) is 5.16. The number of rotatable bonds is 7. The number of fused-ring (bicyclic) bond motifs is 1. The number of amides is 1. The predicted octanol–water partition coefficient (Wildman–Crippen LogP) is 3.31. The molecule has 0 saturated heterocycles. The molecule has 1 N–H and O–H groups in total. The van der Waals surface area contributed by atoms with E-state index in [1.165, 1.54) is 17.3 Å². The highest BCUT2D eigenvalue weighted by Gasteiger charge is 2.17. The number of thioether (sulfide) groups is 1. The Kier molecular flexibility index (Phi) is 6.28. The van der Waals surface area contributed by atoms with Gasteiger partial charge < -0.3 is 19.5 Å². The summed E-state index contributed by atoms with van der Waals surface area (Å²) in [6.45, 7) is 3.65. The van der Waals surface area contributed by atoms with Crippen LogP contribution in [0.1, 0.15) is 12.5 Å². The van der Waals surface area contributed by atoms with Crippen LogP contribution in [0.2, 0.25) is 0 Å². The highest BCUT2D eigenvalue weighted by Crippen LogP contribution is 2.35. The van der Waals surface area contributed by atoms with Gasteiger partial charge in [0.1, 0.15) is 19.0 Å². The fourth-order valence-electron chi connectivity index (χ4n) is 2.62. The highest BCUT2D eigenvalue weighted by atomic mass is 32.2. The second-order valence-electron chi connectivity index (χ2n) is 5.95. The molecule has 0 spiro atoms. The van der Waals surface area contributed by atoms with Crippen molar-refractivity contribution >= 4 is 17.7 Å². The maximum absolute atomic E-state index is 12.3. The Morgan fingerprint density at radius 3 is 2.62 bits per heavy atom. The van der Waals surface area contributed by atoms with E-state index >= 15 is 0 Å². The van der Waals surface area contributed by atoms with E-state index < -0.39 is 0 Å². The van der Waals surface area contributed by atoms with Gasteiger partial charge in [0.2, 0.25) is 5.91 Å². The number of hydrogen-bond donors (Lipinski definition) is 1. The van der Waals surface area contributed by atoms with E-state index in [-0.39, 0.29) is 11.2 Å². The third kappa shape index (κ3) is 4.85. The lowest BCUT2D eigenvalue weighted by Crippen LogP contribution is -2.32. The third-order valence-electron chi connectivity index (χ3n) is 4.07. The molecule has 2 aromatic carbocycles. The standard InChI is InChI=1S/C20H23NO4S/c1-14(26-17-7-8-18-19(13-17)25-12-11-24-18)20(22)21-10-9-15-3-5-16(23-2)6-4-15/h3-8,13-14H,9-12H2,1-2H3,(H,21,22)/t14-/m0/s1. The van der Waals surface area contributed by atoms with Gasteiger partial charge >= 0.3 is 0 Å². The molecule has 0 saturated carbocycles. The molecule has 0 aliphatic carbocycles. The van der Waals surface area contributed by atoms with Crippen LogP contribution in [0.15, 0.2) is 47.4 Å². The molecule has 1 amide bonds. The van der Waals surface area contributed by atoms with Crippen LogP contribution in [0, 0.1) is 0 Å². The van der Waals surface area contributed by atoms with Gasteiger partial charge in [-0.2, -0.15) is 0 Å². The van der Waals surface area contributed by atoms with Crippen LogP contribution in [0.4, 0.5) is 0 Å². The van der Waals surface area contributed by atoms with Gasteiger partial charge in [0.25, 0.3) is 0 Å². The topological polar surface area (TPSA) is 56.8 Å². The Morgan fingerprint density at radius 1 is 1.15 bits per heavy atom. The van der Waals surface area contributed by atoms with Crippen molar-refractivity contribution in [3.05, 3.63) is 48.0 Å². The molecule has 0 fully saturated rings. The fraction of sp³-hybridized carbons (Fsp3) is 0.350. The van der Waals surface area contributed by atoms with Gasteiger partial charge in [0.15, 0.2) is 11.5 Å². The second-order valence-corrected chi connectivity index (χ2v) is 7.37. The quantitative estimate of drug-likeness (QED) is 0.755. The summed E-state index contributed by atoms with van der Waals surface area (Å²) in [4.78, 5) is 13.3. The minimum Gasteiger partial charge on any atom is -0.497 e. The van der Waals surface area contributed by atoms with Crippen molar-refractivity contribution in [2.75, 3.05) is 26.9 Å². The molecule has 3 rings (SSSR count). The summed E-state index contributed by atoms with van der Waals surface area (Å²) in [7, 11) is 1.65. The van der Waals surface area contributed by atoms with Gasteiger partial charge in [-0.15, -0.1) is 11.8 Å². The molecule has 138 valence electrons. The van der Waals surface area contributed by atoms with Crippen molar-refractivity contribution < 1.29 is 19.0 Å². The maximum Gasteiger partial charge on any atom is 0.233 e. The Balaban J connectivity index is 1.46. The SMILES string of the molecule is COc1ccc(CCNC(=O)[C@H](C)Sc2ccc3c(c2)OCCO3)cc1. The zero-order valence-corrected chi connectivity index (χ0v) is 15.8. The van der Waals surface area contributed by atoms with Gasteiger partial charge in [-0.25, -0.2) is 0 Å². The Bertz CT molecular complexity index is 748. The number of nitrogens with one attached hydrogen (secondary N) is 1. The molecular weight excluding hydrogens is 350 g/mol. The van der Waals surface area contributed by atoms with Crippen molar-refractivity contribution in [3.63, 3.8) is 0 Å². The van der Waals surface area contributed by atoms with Crippen LogP contribution in [0.3, 0.4) is 0 Å². The van der Waals surface area contributed by atoms with E-state index in [0.29, 0.717) is 19.8 Å². The highest BCUT2D eigenvalue weighted by molar-refractivity contribution is 8.00. The van der Waals surface area contributed by atoms with Crippen LogP contribution >= 0.6 is 11.8 Å². The summed E-state index contributed by atoms with van der Waals surface area (Å²) in [5.74, 6) is 2.37. The Hall–Kier alpha value is -2.34. The first kappa shape index (κ1) is 18.5. The van der Waals surface area contributed by atoms with E-state index in [1.54, 1.807) is 7.11 Å². The van der Waals surface area contributed by atoms with Gasteiger partial charge in [-0.3, -0.25) is 4.79 Å². The minimum atomic E-state index is -0.187. The van der Waals surface area contributed by atoms with Crippen LogP contribution in [0.5, 0.6) is 17.2 Å². The van der Waals surface area contributed by atoms with Crippen LogP contribution < -0.4 is 19.5 Å². The zero-order chi connectivity index (χ0) is 18.4. The maximum atomic E-state index is 12.3. The number of ether oxygens (including phenoxy) is 3. The van der Waals surface area contributed by atoms with E-state index in [0.717, 1.165) is 28.6 Å². The molecule has 2 aromatic rings. The fourth-order valence-corrected chi connectivity index (χ4v) is 3.54. The first-order valence-electron chi connectivity index (χ1n) is 8.62. The monoisotopic (exact) mass is 373 g/mol. The van der Waals surface area contributed by atoms with Gasteiger partial charge in [-0.1, -0.05) is 12.1 Å². The largest absolute Gasteiger partial charge is 0.497 e. The predicted molar refractivity (Wildman–Crippen MR) is 102 cm³/mol. The molecule has 26 heavy (non-hydrogen) atoms. The van der Waals surface area contributed by atoms with Crippen molar-refractivity contribution in [3.8, 4) is 17.2 Å². The molecule has 0 bridgehead atoms. The molecule has 1 aliphatic heterocycles. The Labute approximate surface area is 158 Å². The lowest BCUT2D eigenvalue weighted by molar-refractivity contribution is -0.120. The van der Waals surface area contributed by atoms with E-state index in [2.05, 4.69) is 5.32 Å². The second kappa shape index (κ2) is 8.85. The molecule has 0 radical (unpaired) electrons. The molecule has 5 nitrogen and oxygen atoms in total. The lowest BCUT2D eigenvalue weighted by Gasteiger charge is -2.19. The van der Waals surface area contributed by atoms with Crippen LogP contribution in [0.25, 0.3) is 0 Å². The van der Waals surface area contributed by atoms with Crippen LogP contribution in [-0.2, 0) is 11.2 Å². The van der Waals surface area contributed by atoms with Crippen molar-refractivity contribution in [1.82, 2.24) is 5.32 Å². The summed E-state index contributed by atoms with van der Waals surface area (Å²) in [6.07, 6.45) is 0.789. The first-order valence-corrected chi connectivity index (χ1v) is 9.50.